The molecule has 3 aliphatic rings. The molecule has 0 saturated carbocycles. The fourth-order valence-electron chi connectivity index (χ4n) is 5.18. The van der Waals surface area contributed by atoms with E-state index in [1.807, 2.05) is 6.07 Å². The number of amides is 1. The molecule has 0 bridgehead atoms. The Labute approximate surface area is 217 Å². The summed E-state index contributed by atoms with van der Waals surface area (Å²) in [6.45, 7) is 2.95. The quantitative estimate of drug-likeness (QED) is 0.502. The van der Waals surface area contributed by atoms with Gasteiger partial charge in [-0.2, -0.15) is 13.8 Å². The van der Waals surface area contributed by atoms with Gasteiger partial charge < -0.3 is 19.7 Å². The van der Waals surface area contributed by atoms with Gasteiger partial charge >= 0.3 is 0 Å². The second-order valence-electron chi connectivity index (χ2n) is 9.32. The minimum atomic E-state index is -4.16. The van der Waals surface area contributed by atoms with E-state index in [1.54, 1.807) is 12.1 Å². The van der Waals surface area contributed by atoms with Gasteiger partial charge in [-0.05, 0) is 43.5 Å². The Hall–Kier alpha value is -2.93. The van der Waals surface area contributed by atoms with Crippen molar-refractivity contribution in [2.75, 3.05) is 43.1 Å². The molecular formula is C24H25ClFN5O5S. The smallest absolute Gasteiger partial charge is 0.246 e. The van der Waals surface area contributed by atoms with Crippen molar-refractivity contribution in [3.63, 3.8) is 0 Å². The summed E-state index contributed by atoms with van der Waals surface area (Å²) < 4.78 is 53.3. The average molecular weight is 550 g/mol. The number of ether oxygens (including phenoxy) is 2. The monoisotopic (exact) mass is 549 g/mol. The van der Waals surface area contributed by atoms with Gasteiger partial charge in [-0.15, -0.1) is 0 Å². The van der Waals surface area contributed by atoms with E-state index >= 15 is 0 Å². The van der Waals surface area contributed by atoms with E-state index in [4.69, 9.17) is 21.1 Å². The molecule has 0 aliphatic carbocycles. The summed E-state index contributed by atoms with van der Waals surface area (Å²) in [6.07, 6.45) is 2.25. The number of rotatable bonds is 5. The van der Waals surface area contributed by atoms with Crippen molar-refractivity contribution in [1.82, 2.24) is 14.5 Å². The molecule has 6 rings (SSSR count). The Bertz CT molecular complexity index is 1480. The van der Waals surface area contributed by atoms with Gasteiger partial charge in [-0.1, -0.05) is 11.6 Å². The molecular weight excluding hydrogens is 525 g/mol. The molecule has 0 unspecified atom stereocenters. The Morgan fingerprint density at radius 1 is 1.14 bits per heavy atom. The number of aromatic amines is 1. The van der Waals surface area contributed by atoms with Gasteiger partial charge in [0, 0.05) is 42.6 Å². The van der Waals surface area contributed by atoms with Crippen LogP contribution in [-0.2, 0) is 19.6 Å². The number of carbonyl (C=O) groups excluding carboxylic acids is 1. The number of aromatic nitrogens is 2. The predicted octanol–water partition coefficient (Wildman–Crippen LogP) is 3.13. The topological polar surface area (TPSA) is 117 Å². The maximum atomic E-state index is 14.0. The third-order valence-corrected chi connectivity index (χ3v) is 9.30. The molecule has 2 fully saturated rings. The van der Waals surface area contributed by atoms with Crippen LogP contribution >= 0.6 is 11.6 Å². The van der Waals surface area contributed by atoms with Crippen LogP contribution in [0.5, 0.6) is 5.75 Å². The van der Waals surface area contributed by atoms with E-state index in [9.17, 15) is 17.6 Å². The molecule has 0 radical (unpaired) electrons. The van der Waals surface area contributed by atoms with Crippen molar-refractivity contribution >= 4 is 49.8 Å². The molecule has 1 amide bonds. The van der Waals surface area contributed by atoms with Crippen LogP contribution in [0.2, 0.25) is 5.02 Å². The Balaban J connectivity index is 1.20. The Morgan fingerprint density at radius 2 is 1.95 bits per heavy atom. The van der Waals surface area contributed by atoms with Crippen molar-refractivity contribution in [2.24, 2.45) is 0 Å². The van der Waals surface area contributed by atoms with E-state index in [0.29, 0.717) is 30.5 Å². The normalized spacial score (nSPS) is 20.8. The first-order chi connectivity index (χ1) is 17.8. The highest BCUT2D eigenvalue weighted by molar-refractivity contribution is 7.89. The molecule has 3 aliphatic heterocycles. The van der Waals surface area contributed by atoms with E-state index in [-0.39, 0.29) is 27.4 Å². The van der Waals surface area contributed by atoms with Gasteiger partial charge in [0.2, 0.25) is 21.9 Å². The van der Waals surface area contributed by atoms with E-state index in [0.717, 1.165) is 42.6 Å². The van der Waals surface area contributed by atoms with Crippen molar-refractivity contribution in [3.8, 4) is 5.75 Å². The van der Waals surface area contributed by atoms with Gasteiger partial charge in [0.05, 0.1) is 17.6 Å². The number of sulfonamides is 1. The third-order valence-electron chi connectivity index (χ3n) is 7.16. The zero-order chi connectivity index (χ0) is 25.7. The zero-order valence-corrected chi connectivity index (χ0v) is 21.3. The van der Waals surface area contributed by atoms with E-state index < -0.39 is 27.9 Å². The molecule has 2 aromatic carbocycles. The largest absolute Gasteiger partial charge is 0.489 e. The van der Waals surface area contributed by atoms with Crippen LogP contribution in [0.15, 0.2) is 35.2 Å². The number of nitrogens with zero attached hydrogens (tertiary/aromatic N) is 3. The lowest BCUT2D eigenvalue weighted by atomic mass is 10.0. The van der Waals surface area contributed by atoms with Crippen LogP contribution in [0, 0.1) is 5.95 Å². The van der Waals surface area contributed by atoms with Crippen molar-refractivity contribution in [3.05, 3.63) is 41.3 Å². The lowest BCUT2D eigenvalue weighted by molar-refractivity contribution is -0.122. The summed E-state index contributed by atoms with van der Waals surface area (Å²) in [4.78, 5) is 15.2. The summed E-state index contributed by atoms with van der Waals surface area (Å²) in [6, 6.07) is 7.47. The lowest BCUT2D eigenvalue weighted by Crippen LogP contribution is -2.56. The molecule has 1 aromatic heterocycles. The van der Waals surface area contributed by atoms with E-state index in [1.165, 1.54) is 12.1 Å². The highest BCUT2D eigenvalue weighted by Gasteiger charge is 2.44. The third kappa shape index (κ3) is 4.31. The molecule has 4 heterocycles. The van der Waals surface area contributed by atoms with Gasteiger partial charge in [-0.3, -0.25) is 9.89 Å². The SMILES string of the molecule is O=C(Nc1ccc2c(c1)OCCN2C1CCOCC1)[C@@H]1CCN1S(=O)(=O)c1cc(Cl)cc2c(F)[nH]nc12. The molecule has 2 saturated heterocycles. The first-order valence-electron chi connectivity index (χ1n) is 12.1. The summed E-state index contributed by atoms with van der Waals surface area (Å²) in [5, 5.41) is 8.79. The molecule has 196 valence electrons. The predicted molar refractivity (Wildman–Crippen MR) is 135 cm³/mol. The van der Waals surface area contributed by atoms with Crippen molar-refractivity contribution in [2.45, 2.75) is 36.2 Å². The Kier molecular flexibility index (Phi) is 6.22. The highest BCUT2D eigenvalue weighted by Crippen LogP contribution is 2.38. The fourth-order valence-corrected chi connectivity index (χ4v) is 7.27. The second kappa shape index (κ2) is 9.43. The average Bonchev–Trinajstić information content (AvgIpc) is 3.22. The van der Waals surface area contributed by atoms with Crippen molar-refractivity contribution < 1.29 is 27.1 Å². The first kappa shape index (κ1) is 24.4. The summed E-state index contributed by atoms with van der Waals surface area (Å²) in [5.41, 5.74) is 1.43. The zero-order valence-electron chi connectivity index (χ0n) is 19.7. The lowest BCUT2D eigenvalue weighted by Gasteiger charge is -2.40. The van der Waals surface area contributed by atoms with Crippen LogP contribution in [0.1, 0.15) is 19.3 Å². The number of hydrogen-bond donors (Lipinski definition) is 2. The van der Waals surface area contributed by atoms with Crippen LogP contribution < -0.4 is 15.0 Å². The number of H-pyrrole nitrogens is 1. The van der Waals surface area contributed by atoms with Gasteiger partial charge in [0.1, 0.15) is 28.8 Å². The molecule has 1 atom stereocenters. The number of nitrogens with one attached hydrogen (secondary N) is 2. The van der Waals surface area contributed by atoms with Crippen LogP contribution in [0.4, 0.5) is 15.8 Å². The Morgan fingerprint density at radius 3 is 2.70 bits per heavy atom. The second-order valence-corrected chi connectivity index (χ2v) is 11.6. The molecule has 2 N–H and O–H groups in total. The highest BCUT2D eigenvalue weighted by atomic mass is 35.5. The maximum absolute atomic E-state index is 14.0. The summed E-state index contributed by atoms with van der Waals surface area (Å²) in [5.74, 6) is -0.564. The molecule has 10 nitrogen and oxygen atoms in total. The fraction of sp³-hybridized carbons (Fsp3) is 0.417. The standard InChI is InChI=1S/C24H25ClFN5O5S/c25-14-11-17-22(28-29-23(17)26)21(12-14)37(33,34)31-6-3-19(31)24(32)27-15-1-2-18-20(13-15)36-10-7-30(18)16-4-8-35-9-5-16/h1-2,11-13,16,19H,3-10H2,(H,27,32)(H,28,29)/t19-/m0/s1. The summed E-state index contributed by atoms with van der Waals surface area (Å²) >= 11 is 6.06. The molecule has 13 heteroatoms. The number of fused-ring (bicyclic) bond motifs is 2. The van der Waals surface area contributed by atoms with Crippen LogP contribution in [-0.4, -0.2) is 73.8 Å². The number of anilines is 2. The molecule has 37 heavy (non-hydrogen) atoms. The number of halogens is 2. The van der Waals surface area contributed by atoms with Gasteiger partial charge in [0.25, 0.3) is 0 Å². The number of carbonyl (C=O) groups is 1. The maximum Gasteiger partial charge on any atom is 0.246 e. The molecule has 0 spiro atoms. The number of benzene rings is 2. The van der Waals surface area contributed by atoms with Crippen LogP contribution in [0.25, 0.3) is 10.9 Å². The van der Waals surface area contributed by atoms with Crippen LogP contribution in [0.3, 0.4) is 0 Å². The van der Waals surface area contributed by atoms with Gasteiger partial charge in [-0.25, -0.2) is 8.42 Å². The molecule has 3 aromatic rings. The van der Waals surface area contributed by atoms with E-state index in [2.05, 4.69) is 20.4 Å². The van der Waals surface area contributed by atoms with Gasteiger partial charge in [0.15, 0.2) is 0 Å². The first-order valence-corrected chi connectivity index (χ1v) is 13.9. The van der Waals surface area contributed by atoms with Crippen molar-refractivity contribution in [1.29, 1.82) is 0 Å². The minimum Gasteiger partial charge on any atom is -0.489 e. The summed E-state index contributed by atoms with van der Waals surface area (Å²) in [7, 11) is -4.16. The number of hydrogen-bond acceptors (Lipinski definition) is 7. The minimum absolute atomic E-state index is 0.0311.